The molecule has 0 bridgehead atoms. The number of allylic oxidation sites excluding steroid dienone is 1. The van der Waals surface area contributed by atoms with E-state index < -0.39 is 16.8 Å². The van der Waals surface area contributed by atoms with Crippen LogP contribution in [0.15, 0.2) is 17.7 Å². The normalized spacial score (nSPS) is 10.4. The molecule has 18 heavy (non-hydrogen) atoms. The molecule has 0 aliphatic rings. The monoisotopic (exact) mass is 290 g/mol. The van der Waals surface area contributed by atoms with Crippen LogP contribution in [0.25, 0.3) is 6.08 Å². The van der Waals surface area contributed by atoms with Gasteiger partial charge in [-0.05, 0) is 23.8 Å². The van der Waals surface area contributed by atoms with Gasteiger partial charge in [-0.2, -0.15) is 23.7 Å². The van der Waals surface area contributed by atoms with Gasteiger partial charge in [0, 0.05) is 0 Å². The van der Waals surface area contributed by atoms with Crippen LogP contribution in [0.5, 0.6) is 0 Å². The van der Waals surface area contributed by atoms with Crippen LogP contribution in [0.1, 0.15) is 11.1 Å². The zero-order valence-electron chi connectivity index (χ0n) is 8.52. The van der Waals surface area contributed by atoms with Gasteiger partial charge in [-0.1, -0.05) is 23.2 Å². The molecule has 0 atom stereocenters. The summed E-state index contributed by atoms with van der Waals surface area (Å²) in [5.41, 5.74) is -1.46. The van der Waals surface area contributed by atoms with Crippen LogP contribution in [0.2, 0.25) is 10.0 Å². The highest BCUT2D eigenvalue weighted by Crippen LogP contribution is 2.39. The molecule has 0 amide bonds. The minimum Gasteiger partial charge on any atom is -0.192 e. The van der Waals surface area contributed by atoms with Gasteiger partial charge in [0.25, 0.3) is 0 Å². The van der Waals surface area contributed by atoms with E-state index in [1.54, 1.807) is 0 Å². The zero-order valence-corrected chi connectivity index (χ0v) is 10.0. The third-order valence-electron chi connectivity index (χ3n) is 1.91. The fourth-order valence-corrected chi connectivity index (χ4v) is 1.60. The van der Waals surface area contributed by atoms with Crippen molar-refractivity contribution in [3.05, 3.63) is 38.9 Å². The average Bonchev–Trinajstić information content (AvgIpc) is 2.28. The number of alkyl halides is 3. The van der Waals surface area contributed by atoms with E-state index in [4.69, 9.17) is 33.7 Å². The van der Waals surface area contributed by atoms with Crippen molar-refractivity contribution in [3.8, 4) is 12.1 Å². The second-order valence-corrected chi connectivity index (χ2v) is 3.93. The molecule has 1 aromatic carbocycles. The van der Waals surface area contributed by atoms with E-state index in [9.17, 15) is 13.2 Å². The van der Waals surface area contributed by atoms with Crippen molar-refractivity contribution >= 4 is 29.3 Å². The van der Waals surface area contributed by atoms with E-state index >= 15 is 0 Å². The number of nitriles is 2. The van der Waals surface area contributed by atoms with E-state index in [1.165, 1.54) is 12.1 Å². The van der Waals surface area contributed by atoms with Crippen LogP contribution < -0.4 is 0 Å². The number of benzene rings is 1. The predicted molar refractivity (Wildman–Crippen MR) is 60.7 cm³/mol. The number of hydrogen-bond donors (Lipinski definition) is 0. The quantitative estimate of drug-likeness (QED) is 0.718. The summed E-state index contributed by atoms with van der Waals surface area (Å²) in [6, 6.07) is 4.94. The molecule has 1 rings (SSSR count). The van der Waals surface area contributed by atoms with Gasteiger partial charge in [-0.3, -0.25) is 0 Å². The number of hydrogen-bond acceptors (Lipinski definition) is 2. The van der Waals surface area contributed by atoms with Gasteiger partial charge in [0.1, 0.15) is 17.7 Å². The van der Waals surface area contributed by atoms with Crippen LogP contribution in [0.3, 0.4) is 0 Å². The van der Waals surface area contributed by atoms with Crippen molar-refractivity contribution in [2.45, 2.75) is 6.18 Å². The summed E-state index contributed by atoms with van der Waals surface area (Å²) in [6.45, 7) is 0. The number of halogens is 5. The molecular weight excluding hydrogens is 288 g/mol. The average molecular weight is 291 g/mol. The second-order valence-electron chi connectivity index (χ2n) is 3.14. The van der Waals surface area contributed by atoms with Crippen LogP contribution in [0.4, 0.5) is 13.2 Å². The number of nitrogens with zero attached hydrogens (tertiary/aromatic N) is 2. The maximum atomic E-state index is 12.6. The Labute approximate surface area is 110 Å². The number of rotatable bonds is 1. The largest absolute Gasteiger partial charge is 0.417 e. The minimum absolute atomic E-state index is 0.0187. The smallest absolute Gasteiger partial charge is 0.192 e. The van der Waals surface area contributed by atoms with E-state index in [-0.39, 0.29) is 16.2 Å². The molecular formula is C11H3Cl2F3N2. The summed E-state index contributed by atoms with van der Waals surface area (Å²) in [7, 11) is 0. The summed E-state index contributed by atoms with van der Waals surface area (Å²) < 4.78 is 37.8. The van der Waals surface area contributed by atoms with Crippen molar-refractivity contribution in [1.82, 2.24) is 0 Å². The van der Waals surface area contributed by atoms with Crippen LogP contribution in [-0.2, 0) is 6.18 Å². The SMILES string of the molecule is N#CC(C#N)=Cc1cc(Cl)c(Cl)c(C(F)(F)F)c1. The molecule has 1 aromatic rings. The molecule has 7 heteroatoms. The summed E-state index contributed by atoms with van der Waals surface area (Å²) in [5.74, 6) is 0. The highest BCUT2D eigenvalue weighted by molar-refractivity contribution is 6.42. The molecule has 0 saturated heterocycles. The third kappa shape index (κ3) is 3.16. The zero-order chi connectivity index (χ0) is 13.9. The first-order valence-corrected chi connectivity index (χ1v) is 5.13. The Kier molecular flexibility index (Phi) is 4.24. The Balaban J connectivity index is 3.45. The minimum atomic E-state index is -4.66. The van der Waals surface area contributed by atoms with Gasteiger partial charge in [-0.15, -0.1) is 0 Å². The first-order valence-electron chi connectivity index (χ1n) is 4.37. The lowest BCUT2D eigenvalue weighted by atomic mass is 10.1. The van der Waals surface area contributed by atoms with Gasteiger partial charge in [0.15, 0.2) is 0 Å². The first-order chi connectivity index (χ1) is 8.29. The van der Waals surface area contributed by atoms with Gasteiger partial charge >= 0.3 is 6.18 Å². The second kappa shape index (κ2) is 5.30. The fraction of sp³-hybridized carbons (Fsp3) is 0.0909. The highest BCUT2D eigenvalue weighted by Gasteiger charge is 2.34. The molecule has 0 heterocycles. The van der Waals surface area contributed by atoms with Gasteiger partial charge in [0.2, 0.25) is 0 Å². The predicted octanol–water partition coefficient (Wildman–Crippen LogP) is 4.44. The lowest BCUT2D eigenvalue weighted by Crippen LogP contribution is -2.06. The summed E-state index contributed by atoms with van der Waals surface area (Å²) >= 11 is 11.0. The maximum absolute atomic E-state index is 12.6. The molecule has 0 saturated carbocycles. The Bertz CT molecular complexity index is 576. The van der Waals surface area contributed by atoms with E-state index in [0.29, 0.717) is 0 Å². The third-order valence-corrected chi connectivity index (χ3v) is 2.71. The van der Waals surface area contributed by atoms with E-state index in [2.05, 4.69) is 0 Å². The highest BCUT2D eigenvalue weighted by atomic mass is 35.5. The molecule has 92 valence electrons. The van der Waals surface area contributed by atoms with Crippen molar-refractivity contribution in [2.24, 2.45) is 0 Å². The van der Waals surface area contributed by atoms with Crippen LogP contribution >= 0.6 is 23.2 Å². The van der Waals surface area contributed by atoms with Crippen LogP contribution in [-0.4, -0.2) is 0 Å². The lowest BCUT2D eigenvalue weighted by molar-refractivity contribution is -0.137. The summed E-state index contributed by atoms with van der Waals surface area (Å²) in [6.07, 6.45) is -3.67. The maximum Gasteiger partial charge on any atom is 0.417 e. The van der Waals surface area contributed by atoms with E-state index in [0.717, 1.165) is 18.2 Å². The van der Waals surface area contributed by atoms with Gasteiger partial charge < -0.3 is 0 Å². The lowest BCUT2D eigenvalue weighted by Gasteiger charge is -2.11. The van der Waals surface area contributed by atoms with E-state index in [1.807, 2.05) is 0 Å². The van der Waals surface area contributed by atoms with Gasteiger partial charge in [-0.25, -0.2) is 0 Å². The van der Waals surface area contributed by atoms with Gasteiger partial charge in [0.05, 0.1) is 15.6 Å². The Morgan fingerprint density at radius 1 is 1.17 bits per heavy atom. The molecule has 0 unspecified atom stereocenters. The molecule has 0 radical (unpaired) electrons. The van der Waals surface area contributed by atoms with Crippen molar-refractivity contribution < 1.29 is 13.2 Å². The Morgan fingerprint density at radius 2 is 1.72 bits per heavy atom. The fourth-order valence-electron chi connectivity index (χ4n) is 1.16. The topological polar surface area (TPSA) is 47.6 Å². The molecule has 2 nitrogen and oxygen atoms in total. The van der Waals surface area contributed by atoms with Crippen molar-refractivity contribution in [2.75, 3.05) is 0 Å². The molecule has 0 spiro atoms. The first kappa shape index (κ1) is 14.4. The molecule has 0 fully saturated rings. The van der Waals surface area contributed by atoms with Crippen molar-refractivity contribution in [1.29, 1.82) is 10.5 Å². The molecule has 0 N–H and O–H groups in total. The summed E-state index contributed by atoms with van der Waals surface area (Å²) in [5, 5.41) is 16.1. The molecule has 0 aliphatic carbocycles. The standard InChI is InChI=1S/C11H3Cl2F3N2/c12-9-3-6(1-7(4-17)5-18)2-8(10(9)13)11(14,15)16/h1-3H. The van der Waals surface area contributed by atoms with Crippen molar-refractivity contribution in [3.63, 3.8) is 0 Å². The summed E-state index contributed by atoms with van der Waals surface area (Å²) in [4.78, 5) is 0. The Hall–Kier alpha value is -1.69. The van der Waals surface area contributed by atoms with Crippen LogP contribution in [0, 0.1) is 22.7 Å². The molecule has 0 aliphatic heterocycles. The molecule has 0 aromatic heterocycles. The Morgan fingerprint density at radius 3 is 2.17 bits per heavy atom.